The molecule has 1 amide bonds. The standard InChI is InChI=1S/C13H15N3OS/c17-12(16-7-3-4-8-16)9-14-13-10-5-1-2-6-11(10)15-18-13/h1-2,5-6,14H,3-4,7-9H2. The summed E-state index contributed by atoms with van der Waals surface area (Å²) >= 11 is 1.42. The molecule has 0 radical (unpaired) electrons. The van der Waals surface area contributed by atoms with Crippen LogP contribution in [0.15, 0.2) is 24.3 Å². The molecule has 1 aliphatic rings. The Morgan fingerprint density at radius 3 is 2.94 bits per heavy atom. The van der Waals surface area contributed by atoms with Gasteiger partial charge in [-0.3, -0.25) is 4.79 Å². The van der Waals surface area contributed by atoms with Gasteiger partial charge in [-0.05, 0) is 36.5 Å². The highest BCUT2D eigenvalue weighted by Crippen LogP contribution is 2.27. The van der Waals surface area contributed by atoms with E-state index in [1.165, 1.54) is 11.5 Å². The predicted molar refractivity (Wildman–Crippen MR) is 73.9 cm³/mol. The molecule has 2 aromatic rings. The minimum atomic E-state index is 0.185. The molecule has 0 saturated carbocycles. The average Bonchev–Trinajstić information content (AvgIpc) is 3.06. The van der Waals surface area contributed by atoms with Crippen molar-refractivity contribution in [2.45, 2.75) is 12.8 Å². The van der Waals surface area contributed by atoms with Gasteiger partial charge in [0.25, 0.3) is 0 Å². The van der Waals surface area contributed by atoms with E-state index in [0.29, 0.717) is 6.54 Å². The molecule has 0 aliphatic carbocycles. The van der Waals surface area contributed by atoms with E-state index in [1.807, 2.05) is 29.2 Å². The van der Waals surface area contributed by atoms with Gasteiger partial charge in [-0.15, -0.1) is 0 Å². The van der Waals surface area contributed by atoms with Gasteiger partial charge in [0, 0.05) is 18.5 Å². The highest BCUT2D eigenvalue weighted by atomic mass is 32.1. The third-order valence-corrected chi connectivity index (χ3v) is 4.08. The first-order valence-electron chi connectivity index (χ1n) is 6.20. The summed E-state index contributed by atoms with van der Waals surface area (Å²) in [6, 6.07) is 7.98. The maximum absolute atomic E-state index is 11.9. The summed E-state index contributed by atoms with van der Waals surface area (Å²) in [4.78, 5) is 13.9. The fraction of sp³-hybridized carbons (Fsp3) is 0.385. The van der Waals surface area contributed by atoms with E-state index < -0.39 is 0 Å². The summed E-state index contributed by atoms with van der Waals surface area (Å²) in [5.41, 5.74) is 0.985. The molecule has 0 unspecified atom stereocenters. The Kier molecular flexibility index (Phi) is 3.15. The second-order valence-corrected chi connectivity index (χ2v) is 5.24. The van der Waals surface area contributed by atoms with E-state index in [9.17, 15) is 4.79 Å². The van der Waals surface area contributed by atoms with Crippen LogP contribution in [-0.2, 0) is 4.79 Å². The lowest BCUT2D eigenvalue weighted by atomic mass is 10.2. The minimum absolute atomic E-state index is 0.185. The largest absolute Gasteiger partial charge is 0.366 e. The third-order valence-electron chi connectivity index (χ3n) is 3.24. The second kappa shape index (κ2) is 4.94. The number of nitrogens with one attached hydrogen (secondary N) is 1. The predicted octanol–water partition coefficient (Wildman–Crippen LogP) is 2.33. The van der Waals surface area contributed by atoms with Crippen LogP contribution in [0.4, 0.5) is 5.00 Å². The van der Waals surface area contributed by atoms with Crippen molar-refractivity contribution in [3.05, 3.63) is 24.3 Å². The lowest BCUT2D eigenvalue weighted by Gasteiger charge is -2.15. The summed E-state index contributed by atoms with van der Waals surface area (Å²) in [6.45, 7) is 2.18. The molecule has 0 bridgehead atoms. The molecule has 1 aromatic carbocycles. The van der Waals surface area contributed by atoms with Crippen LogP contribution in [0.1, 0.15) is 12.8 Å². The van der Waals surface area contributed by atoms with Crippen LogP contribution in [0.25, 0.3) is 10.9 Å². The quantitative estimate of drug-likeness (QED) is 0.922. The molecule has 2 heterocycles. The first kappa shape index (κ1) is 11.5. The number of hydrogen-bond acceptors (Lipinski definition) is 4. The molecule has 0 atom stereocenters. The lowest BCUT2D eigenvalue weighted by molar-refractivity contribution is -0.128. The summed E-state index contributed by atoms with van der Waals surface area (Å²) in [7, 11) is 0. The van der Waals surface area contributed by atoms with E-state index in [-0.39, 0.29) is 5.91 Å². The van der Waals surface area contributed by atoms with Crippen LogP contribution in [0, 0.1) is 0 Å². The van der Waals surface area contributed by atoms with Gasteiger partial charge >= 0.3 is 0 Å². The number of carbonyl (C=O) groups is 1. The zero-order valence-electron chi connectivity index (χ0n) is 10.1. The van der Waals surface area contributed by atoms with Crippen LogP contribution in [-0.4, -0.2) is 34.8 Å². The normalized spacial score (nSPS) is 15.2. The molecule has 94 valence electrons. The maximum Gasteiger partial charge on any atom is 0.241 e. The molecule has 5 heteroatoms. The van der Waals surface area contributed by atoms with Crippen molar-refractivity contribution >= 4 is 33.3 Å². The van der Waals surface area contributed by atoms with E-state index in [2.05, 4.69) is 9.69 Å². The van der Waals surface area contributed by atoms with Crippen molar-refractivity contribution in [2.24, 2.45) is 0 Å². The second-order valence-electron chi connectivity index (χ2n) is 4.47. The molecule has 4 nitrogen and oxygen atoms in total. The molecule has 1 fully saturated rings. The Morgan fingerprint density at radius 1 is 1.33 bits per heavy atom. The van der Waals surface area contributed by atoms with Crippen LogP contribution >= 0.6 is 11.5 Å². The zero-order valence-corrected chi connectivity index (χ0v) is 10.9. The van der Waals surface area contributed by atoms with Crippen LogP contribution in [0.5, 0.6) is 0 Å². The van der Waals surface area contributed by atoms with Crippen molar-refractivity contribution in [2.75, 3.05) is 25.0 Å². The van der Waals surface area contributed by atoms with E-state index >= 15 is 0 Å². The van der Waals surface area contributed by atoms with Crippen molar-refractivity contribution < 1.29 is 4.79 Å². The number of amides is 1. The Labute approximate surface area is 110 Å². The maximum atomic E-state index is 11.9. The van der Waals surface area contributed by atoms with Crippen molar-refractivity contribution in [1.29, 1.82) is 0 Å². The first-order chi connectivity index (χ1) is 8.84. The number of aromatic nitrogens is 1. The molecule has 18 heavy (non-hydrogen) atoms. The van der Waals surface area contributed by atoms with Crippen molar-refractivity contribution in [3.8, 4) is 0 Å². The Hall–Kier alpha value is -1.62. The van der Waals surface area contributed by atoms with Gasteiger partial charge < -0.3 is 10.2 Å². The molecule has 1 saturated heterocycles. The van der Waals surface area contributed by atoms with Gasteiger partial charge in [-0.1, -0.05) is 12.1 Å². The van der Waals surface area contributed by atoms with Crippen LogP contribution < -0.4 is 5.32 Å². The molecule has 1 aromatic heterocycles. The summed E-state index contributed by atoms with van der Waals surface area (Å²) in [5.74, 6) is 0.185. The Morgan fingerprint density at radius 2 is 2.11 bits per heavy atom. The van der Waals surface area contributed by atoms with Crippen LogP contribution in [0.2, 0.25) is 0 Å². The first-order valence-corrected chi connectivity index (χ1v) is 6.98. The number of fused-ring (bicyclic) bond motifs is 1. The monoisotopic (exact) mass is 261 g/mol. The van der Waals surface area contributed by atoms with Gasteiger partial charge in [-0.2, -0.15) is 4.37 Å². The van der Waals surface area contributed by atoms with Gasteiger partial charge in [0.05, 0.1) is 12.1 Å². The van der Waals surface area contributed by atoms with Crippen molar-refractivity contribution in [3.63, 3.8) is 0 Å². The van der Waals surface area contributed by atoms with Crippen molar-refractivity contribution in [1.82, 2.24) is 9.27 Å². The summed E-state index contributed by atoms with van der Waals surface area (Å²) < 4.78 is 4.35. The molecule has 0 spiro atoms. The summed E-state index contributed by atoms with van der Waals surface area (Å²) in [6.07, 6.45) is 2.27. The summed E-state index contributed by atoms with van der Waals surface area (Å²) in [5, 5.41) is 5.29. The minimum Gasteiger partial charge on any atom is -0.366 e. The molecular formula is C13H15N3OS. The van der Waals surface area contributed by atoms with E-state index in [0.717, 1.165) is 41.8 Å². The topological polar surface area (TPSA) is 45.2 Å². The van der Waals surface area contributed by atoms with Gasteiger partial charge in [0.15, 0.2) is 0 Å². The Balaban J connectivity index is 1.67. The highest BCUT2D eigenvalue weighted by molar-refractivity contribution is 7.11. The number of anilines is 1. The van der Waals surface area contributed by atoms with E-state index in [4.69, 9.17) is 0 Å². The van der Waals surface area contributed by atoms with Gasteiger partial charge in [0.1, 0.15) is 5.00 Å². The fourth-order valence-corrected chi connectivity index (χ4v) is 3.01. The third kappa shape index (κ3) is 2.18. The fourth-order valence-electron chi connectivity index (χ4n) is 2.25. The van der Waals surface area contributed by atoms with Gasteiger partial charge in [-0.25, -0.2) is 0 Å². The number of hydrogen-bond donors (Lipinski definition) is 1. The molecular weight excluding hydrogens is 246 g/mol. The molecule has 3 rings (SSSR count). The number of likely N-dealkylation sites (tertiary alicyclic amines) is 1. The number of benzene rings is 1. The molecule has 1 N–H and O–H groups in total. The van der Waals surface area contributed by atoms with Crippen LogP contribution in [0.3, 0.4) is 0 Å². The number of carbonyl (C=O) groups excluding carboxylic acids is 1. The average molecular weight is 261 g/mol. The highest BCUT2D eigenvalue weighted by Gasteiger charge is 2.17. The smallest absolute Gasteiger partial charge is 0.241 e. The van der Waals surface area contributed by atoms with E-state index in [1.54, 1.807) is 0 Å². The van der Waals surface area contributed by atoms with Gasteiger partial charge in [0.2, 0.25) is 5.91 Å². The molecule has 1 aliphatic heterocycles. The SMILES string of the molecule is O=C(CNc1snc2ccccc12)N1CCCC1. The number of rotatable bonds is 3. The lowest BCUT2D eigenvalue weighted by Crippen LogP contribution is -2.32. The zero-order chi connectivity index (χ0) is 12.4. The Bertz CT molecular complexity index is 560. The number of nitrogens with zero attached hydrogens (tertiary/aromatic N) is 2.